The van der Waals surface area contributed by atoms with Gasteiger partial charge in [0, 0.05) is 12.5 Å². The van der Waals surface area contributed by atoms with Crippen LogP contribution in [0.25, 0.3) is 11.1 Å². The normalized spacial score (nSPS) is 14.0. The Hall–Kier alpha value is -3.66. The molecular formula is C27H26N2O4. The zero-order valence-electron chi connectivity index (χ0n) is 18.1. The van der Waals surface area contributed by atoms with Gasteiger partial charge in [-0.05, 0) is 39.8 Å². The fourth-order valence-electron chi connectivity index (χ4n) is 4.41. The minimum absolute atomic E-state index is 0.0211. The third-order valence-electron chi connectivity index (χ3n) is 6.06. The van der Waals surface area contributed by atoms with Gasteiger partial charge in [0.05, 0.1) is 18.6 Å². The smallest absolute Gasteiger partial charge is 0.407 e. The van der Waals surface area contributed by atoms with Crippen molar-refractivity contribution in [1.82, 2.24) is 5.32 Å². The predicted octanol–water partition coefficient (Wildman–Crippen LogP) is 4.08. The molecule has 4 rings (SSSR count). The van der Waals surface area contributed by atoms with Crippen LogP contribution in [0.5, 0.6) is 0 Å². The zero-order valence-corrected chi connectivity index (χ0v) is 18.1. The lowest BCUT2D eigenvalue weighted by Crippen LogP contribution is -2.31. The van der Waals surface area contributed by atoms with E-state index in [0.29, 0.717) is 11.1 Å². The Labute approximate surface area is 193 Å². The van der Waals surface area contributed by atoms with E-state index in [1.165, 1.54) is 0 Å². The van der Waals surface area contributed by atoms with Gasteiger partial charge in [0.2, 0.25) is 0 Å². The summed E-state index contributed by atoms with van der Waals surface area (Å²) in [6.45, 7) is 0.363. The molecule has 1 amide bonds. The SMILES string of the molecule is N#CCc1ccccc1C(O)C(O)CCNC(=O)OCC1c2ccccc2-c2ccccc21. The first kappa shape index (κ1) is 22.5. The van der Waals surface area contributed by atoms with Gasteiger partial charge in [-0.3, -0.25) is 0 Å². The Morgan fingerprint density at radius 3 is 2.24 bits per heavy atom. The van der Waals surface area contributed by atoms with Crippen molar-refractivity contribution in [3.05, 3.63) is 95.1 Å². The number of nitrogens with one attached hydrogen (secondary N) is 1. The van der Waals surface area contributed by atoms with E-state index >= 15 is 0 Å². The van der Waals surface area contributed by atoms with E-state index in [2.05, 4.69) is 35.7 Å². The second-order valence-electron chi connectivity index (χ2n) is 8.09. The van der Waals surface area contributed by atoms with Crippen molar-refractivity contribution in [3.63, 3.8) is 0 Å². The first-order valence-electron chi connectivity index (χ1n) is 11.0. The van der Waals surface area contributed by atoms with Crippen molar-refractivity contribution in [1.29, 1.82) is 5.26 Å². The van der Waals surface area contributed by atoms with Gasteiger partial charge in [0.15, 0.2) is 0 Å². The largest absolute Gasteiger partial charge is 0.449 e. The average Bonchev–Trinajstić information content (AvgIpc) is 3.16. The van der Waals surface area contributed by atoms with Crippen LogP contribution in [0.15, 0.2) is 72.8 Å². The Morgan fingerprint density at radius 1 is 0.970 bits per heavy atom. The van der Waals surface area contributed by atoms with E-state index in [4.69, 9.17) is 10.00 Å². The minimum atomic E-state index is -1.14. The maximum absolute atomic E-state index is 12.3. The van der Waals surface area contributed by atoms with Gasteiger partial charge in [-0.25, -0.2) is 4.79 Å². The molecule has 33 heavy (non-hydrogen) atoms. The Morgan fingerprint density at radius 2 is 1.58 bits per heavy atom. The Bertz CT molecular complexity index is 1130. The molecule has 0 fully saturated rings. The summed E-state index contributed by atoms with van der Waals surface area (Å²) < 4.78 is 5.49. The van der Waals surface area contributed by atoms with E-state index in [1.54, 1.807) is 24.3 Å². The van der Waals surface area contributed by atoms with Crippen molar-refractivity contribution >= 4 is 6.09 Å². The number of nitriles is 1. The number of ether oxygens (including phenoxy) is 1. The molecule has 0 aliphatic heterocycles. The minimum Gasteiger partial charge on any atom is -0.449 e. The topological polar surface area (TPSA) is 103 Å². The lowest BCUT2D eigenvalue weighted by Gasteiger charge is -2.20. The number of amides is 1. The first-order chi connectivity index (χ1) is 16.1. The van der Waals surface area contributed by atoms with E-state index in [-0.39, 0.29) is 31.9 Å². The van der Waals surface area contributed by atoms with Gasteiger partial charge in [0.25, 0.3) is 0 Å². The molecular weight excluding hydrogens is 416 g/mol. The van der Waals surface area contributed by atoms with Gasteiger partial charge >= 0.3 is 6.09 Å². The van der Waals surface area contributed by atoms with Crippen LogP contribution in [-0.2, 0) is 11.2 Å². The van der Waals surface area contributed by atoms with Gasteiger partial charge in [-0.1, -0.05) is 72.8 Å². The number of aliphatic hydroxyl groups excluding tert-OH is 2. The number of alkyl carbamates (subject to hydrolysis) is 1. The van der Waals surface area contributed by atoms with Crippen molar-refractivity contribution in [2.45, 2.75) is 31.0 Å². The number of nitrogens with zero attached hydrogens (tertiary/aromatic N) is 1. The molecule has 3 aromatic carbocycles. The maximum Gasteiger partial charge on any atom is 0.407 e. The summed E-state index contributed by atoms with van der Waals surface area (Å²) >= 11 is 0. The summed E-state index contributed by atoms with van der Waals surface area (Å²) in [7, 11) is 0. The third kappa shape index (κ3) is 4.90. The van der Waals surface area contributed by atoms with E-state index in [9.17, 15) is 15.0 Å². The lowest BCUT2D eigenvalue weighted by molar-refractivity contribution is 0.0132. The maximum atomic E-state index is 12.3. The molecule has 0 radical (unpaired) electrons. The van der Waals surface area contributed by atoms with Crippen LogP contribution in [0.2, 0.25) is 0 Å². The molecule has 3 N–H and O–H groups in total. The van der Waals surface area contributed by atoms with Gasteiger partial charge in [-0.2, -0.15) is 5.26 Å². The number of carbonyl (C=O) groups excluding carboxylic acids is 1. The van der Waals surface area contributed by atoms with Gasteiger partial charge in [-0.15, -0.1) is 0 Å². The van der Waals surface area contributed by atoms with E-state index in [0.717, 1.165) is 22.3 Å². The zero-order chi connectivity index (χ0) is 23.2. The molecule has 0 spiro atoms. The molecule has 0 aromatic heterocycles. The molecule has 0 heterocycles. The number of rotatable bonds is 8. The van der Waals surface area contributed by atoms with Crippen LogP contribution < -0.4 is 5.32 Å². The van der Waals surface area contributed by atoms with E-state index < -0.39 is 18.3 Å². The van der Waals surface area contributed by atoms with Crippen molar-refractivity contribution in [2.24, 2.45) is 0 Å². The second kappa shape index (κ2) is 10.3. The van der Waals surface area contributed by atoms with Crippen LogP contribution in [-0.4, -0.2) is 35.6 Å². The molecule has 6 heteroatoms. The number of fused-ring (bicyclic) bond motifs is 3. The Kier molecular flexibility index (Phi) is 7.04. The Balaban J connectivity index is 1.29. The third-order valence-corrected chi connectivity index (χ3v) is 6.06. The van der Waals surface area contributed by atoms with Crippen molar-refractivity contribution < 1.29 is 19.7 Å². The summed E-state index contributed by atoms with van der Waals surface area (Å²) in [6.07, 6.45) is -2.49. The average molecular weight is 443 g/mol. The van der Waals surface area contributed by atoms with Crippen LogP contribution >= 0.6 is 0 Å². The summed E-state index contributed by atoms with van der Waals surface area (Å²) in [5, 5.41) is 32.5. The summed E-state index contributed by atoms with van der Waals surface area (Å²) in [6, 6.07) is 25.3. The first-order valence-corrected chi connectivity index (χ1v) is 11.0. The number of hydrogen-bond acceptors (Lipinski definition) is 5. The quantitative estimate of drug-likeness (QED) is 0.488. The highest BCUT2D eigenvalue weighted by Crippen LogP contribution is 2.44. The van der Waals surface area contributed by atoms with Crippen LogP contribution in [0.3, 0.4) is 0 Å². The molecule has 0 bridgehead atoms. The molecule has 0 saturated heterocycles. The summed E-state index contributed by atoms with van der Waals surface area (Å²) in [5.74, 6) is -0.0211. The predicted molar refractivity (Wildman–Crippen MR) is 124 cm³/mol. The van der Waals surface area contributed by atoms with Gasteiger partial charge in [0.1, 0.15) is 12.7 Å². The van der Waals surface area contributed by atoms with Crippen molar-refractivity contribution in [2.75, 3.05) is 13.2 Å². The molecule has 3 aromatic rings. The van der Waals surface area contributed by atoms with Crippen molar-refractivity contribution in [3.8, 4) is 17.2 Å². The van der Waals surface area contributed by atoms with Crippen LogP contribution in [0.4, 0.5) is 4.79 Å². The standard InChI is InChI=1S/C27H26N2O4/c28-15-13-18-7-1-2-8-19(18)26(31)25(30)14-16-29-27(32)33-17-24-22-11-5-3-9-20(22)21-10-4-6-12-23(21)24/h1-12,24-26,30-31H,13-14,16-17H2,(H,29,32). The molecule has 6 nitrogen and oxygen atoms in total. The van der Waals surface area contributed by atoms with Crippen LogP contribution in [0, 0.1) is 11.3 Å². The second-order valence-corrected chi connectivity index (χ2v) is 8.09. The van der Waals surface area contributed by atoms with Crippen LogP contribution in [0.1, 0.15) is 40.7 Å². The fourth-order valence-corrected chi connectivity index (χ4v) is 4.41. The van der Waals surface area contributed by atoms with Gasteiger partial charge < -0.3 is 20.3 Å². The highest BCUT2D eigenvalue weighted by molar-refractivity contribution is 5.79. The number of benzene rings is 3. The molecule has 2 unspecified atom stereocenters. The monoisotopic (exact) mass is 442 g/mol. The fraction of sp³-hybridized carbons (Fsp3) is 0.259. The highest BCUT2D eigenvalue weighted by atomic mass is 16.5. The lowest BCUT2D eigenvalue weighted by atomic mass is 9.96. The van der Waals surface area contributed by atoms with E-state index in [1.807, 2.05) is 24.3 Å². The molecule has 0 saturated carbocycles. The molecule has 2 atom stereocenters. The molecule has 168 valence electrons. The number of aliphatic hydroxyl groups is 2. The number of carbonyl (C=O) groups is 1. The summed E-state index contributed by atoms with van der Waals surface area (Å²) in [4.78, 5) is 12.3. The summed E-state index contributed by atoms with van der Waals surface area (Å²) in [5.41, 5.74) is 5.80. The molecule has 1 aliphatic carbocycles. The molecule has 1 aliphatic rings. The highest BCUT2D eigenvalue weighted by Gasteiger charge is 2.29. The number of hydrogen-bond donors (Lipinski definition) is 3.